The molecule has 1 fully saturated rings. The number of fused-ring (bicyclic) bond motifs is 2. The molecule has 2 aliphatic heterocycles. The van der Waals surface area contributed by atoms with Gasteiger partial charge in [0, 0.05) is 17.4 Å². The van der Waals surface area contributed by atoms with Crippen molar-refractivity contribution in [1.82, 2.24) is 10.9 Å². The van der Waals surface area contributed by atoms with E-state index in [1.54, 1.807) is 14.2 Å². The van der Waals surface area contributed by atoms with Crippen molar-refractivity contribution < 1.29 is 14.2 Å². The van der Waals surface area contributed by atoms with Crippen molar-refractivity contribution in [2.45, 2.75) is 18.2 Å². The number of hydrogen-bond donors (Lipinski definition) is 3. The molecule has 0 bridgehead atoms. The summed E-state index contributed by atoms with van der Waals surface area (Å²) >= 11 is 0. The molecule has 5 rings (SSSR count). The number of hydrazine groups is 1. The van der Waals surface area contributed by atoms with E-state index < -0.39 is 6.23 Å². The minimum atomic E-state index is -0.413. The first-order valence-electron chi connectivity index (χ1n) is 10.4. The quantitative estimate of drug-likeness (QED) is 0.585. The number of hydrogen-bond acceptors (Lipinski definition) is 7. The van der Waals surface area contributed by atoms with E-state index in [1.807, 2.05) is 30.3 Å². The zero-order valence-corrected chi connectivity index (χ0v) is 17.8. The van der Waals surface area contributed by atoms with E-state index in [-0.39, 0.29) is 23.8 Å². The van der Waals surface area contributed by atoms with E-state index in [9.17, 15) is 5.26 Å². The standard InChI is InChI=1S/C25H24N4O3/c1-30-17-9-10-20(31-2)18(12-17)21-19(13-26)24(27)32-25-22(21)23(28-29-25)16-8-7-14-5-3-4-6-15(14)11-16/h3-12,21-23,25,28-29H,27H2,1-2H3. The highest BCUT2D eigenvalue weighted by Gasteiger charge is 2.50. The first-order valence-corrected chi connectivity index (χ1v) is 10.4. The molecule has 2 aliphatic rings. The summed E-state index contributed by atoms with van der Waals surface area (Å²) < 4.78 is 17.1. The van der Waals surface area contributed by atoms with Gasteiger partial charge in [0.15, 0.2) is 6.23 Å². The Balaban J connectivity index is 1.66. The van der Waals surface area contributed by atoms with E-state index >= 15 is 0 Å². The van der Waals surface area contributed by atoms with Crippen LogP contribution in [-0.4, -0.2) is 20.4 Å². The maximum Gasteiger partial charge on any atom is 0.200 e. The molecule has 0 radical (unpaired) electrons. The molecule has 4 N–H and O–H groups in total. The van der Waals surface area contributed by atoms with Crippen LogP contribution >= 0.6 is 0 Å². The largest absolute Gasteiger partial charge is 0.497 e. The lowest BCUT2D eigenvalue weighted by molar-refractivity contribution is 0.0337. The third kappa shape index (κ3) is 3.21. The summed E-state index contributed by atoms with van der Waals surface area (Å²) in [4.78, 5) is 0. The zero-order valence-electron chi connectivity index (χ0n) is 17.8. The Morgan fingerprint density at radius 2 is 1.78 bits per heavy atom. The Hall–Kier alpha value is -3.73. The second-order valence-corrected chi connectivity index (χ2v) is 7.96. The van der Waals surface area contributed by atoms with Gasteiger partial charge < -0.3 is 19.9 Å². The molecule has 0 saturated carbocycles. The minimum absolute atomic E-state index is 0.122. The van der Waals surface area contributed by atoms with Crippen LogP contribution in [0.3, 0.4) is 0 Å². The van der Waals surface area contributed by atoms with Crippen LogP contribution in [0, 0.1) is 17.2 Å². The van der Waals surface area contributed by atoms with E-state index in [4.69, 9.17) is 19.9 Å². The van der Waals surface area contributed by atoms with Crippen LogP contribution in [0.4, 0.5) is 0 Å². The first-order chi connectivity index (χ1) is 15.6. The van der Waals surface area contributed by atoms with Crippen molar-refractivity contribution in [2.24, 2.45) is 11.7 Å². The summed E-state index contributed by atoms with van der Waals surface area (Å²) in [7, 11) is 3.23. The zero-order chi connectivity index (χ0) is 22.2. The molecule has 2 heterocycles. The summed E-state index contributed by atoms with van der Waals surface area (Å²) in [6.07, 6.45) is -0.413. The summed E-state index contributed by atoms with van der Waals surface area (Å²) in [6.45, 7) is 0. The molecule has 0 amide bonds. The fourth-order valence-electron chi connectivity index (χ4n) is 4.84. The first kappa shape index (κ1) is 20.2. The Morgan fingerprint density at radius 1 is 0.969 bits per heavy atom. The van der Waals surface area contributed by atoms with E-state index in [0.29, 0.717) is 17.1 Å². The maximum atomic E-state index is 10.0. The van der Waals surface area contributed by atoms with Crippen LogP contribution in [0.5, 0.6) is 11.5 Å². The summed E-state index contributed by atoms with van der Waals surface area (Å²) in [5.41, 5.74) is 15.1. The number of nitrogens with one attached hydrogen (secondary N) is 2. The molecule has 0 spiro atoms. The average Bonchev–Trinajstić information content (AvgIpc) is 3.25. The fraction of sp³-hybridized carbons (Fsp3) is 0.240. The summed E-state index contributed by atoms with van der Waals surface area (Å²) in [5, 5.41) is 12.3. The summed E-state index contributed by atoms with van der Waals surface area (Å²) in [5.74, 6) is 0.959. The molecule has 7 heteroatoms. The number of methoxy groups -OCH3 is 2. The van der Waals surface area contributed by atoms with Crippen LogP contribution in [0.25, 0.3) is 10.8 Å². The van der Waals surface area contributed by atoms with Gasteiger partial charge in [-0.1, -0.05) is 36.4 Å². The van der Waals surface area contributed by atoms with Crippen LogP contribution in [0.1, 0.15) is 23.1 Å². The average molecular weight is 428 g/mol. The van der Waals surface area contributed by atoms with Gasteiger partial charge in [0.2, 0.25) is 5.88 Å². The summed E-state index contributed by atoms with van der Waals surface area (Å²) in [6, 6.07) is 22.4. The molecule has 32 heavy (non-hydrogen) atoms. The molecule has 3 aromatic carbocycles. The lowest BCUT2D eigenvalue weighted by Gasteiger charge is -2.36. The minimum Gasteiger partial charge on any atom is -0.497 e. The lowest BCUT2D eigenvalue weighted by Crippen LogP contribution is -2.41. The van der Waals surface area contributed by atoms with Gasteiger partial charge in [-0.15, -0.1) is 0 Å². The SMILES string of the molecule is COc1ccc(OC)c(C2C(C#N)=C(N)OC3NNC(c4ccc5ccccc5c4)C32)c1. The molecule has 7 nitrogen and oxygen atoms in total. The number of benzene rings is 3. The molecule has 3 aromatic rings. The van der Waals surface area contributed by atoms with Crippen LogP contribution in [0.15, 0.2) is 72.1 Å². The number of rotatable bonds is 4. The second kappa shape index (κ2) is 8.08. The third-order valence-electron chi connectivity index (χ3n) is 6.36. The van der Waals surface area contributed by atoms with Crippen LogP contribution < -0.4 is 26.1 Å². The Kier molecular flexibility index (Phi) is 5.10. The molecule has 0 aromatic heterocycles. The Bertz CT molecular complexity index is 1250. The van der Waals surface area contributed by atoms with Gasteiger partial charge in [-0.2, -0.15) is 5.26 Å². The lowest BCUT2D eigenvalue weighted by atomic mass is 9.73. The van der Waals surface area contributed by atoms with Gasteiger partial charge in [0.25, 0.3) is 0 Å². The normalized spacial score (nSPS) is 24.5. The van der Waals surface area contributed by atoms with E-state index in [1.165, 1.54) is 5.39 Å². The molecule has 4 atom stereocenters. The molecule has 1 saturated heterocycles. The van der Waals surface area contributed by atoms with Crippen molar-refractivity contribution in [1.29, 1.82) is 5.26 Å². The highest BCUT2D eigenvalue weighted by Crippen LogP contribution is 2.50. The highest BCUT2D eigenvalue weighted by atomic mass is 16.5. The Labute approximate surface area is 186 Å². The molecule has 0 aliphatic carbocycles. The van der Waals surface area contributed by atoms with Crippen molar-refractivity contribution in [3.63, 3.8) is 0 Å². The number of allylic oxidation sites excluding steroid dienone is 1. The smallest absolute Gasteiger partial charge is 0.200 e. The van der Waals surface area contributed by atoms with Gasteiger partial charge in [0.05, 0.1) is 25.8 Å². The molecular weight excluding hydrogens is 404 g/mol. The van der Waals surface area contributed by atoms with Gasteiger partial charge in [-0.3, -0.25) is 0 Å². The molecule has 4 unspecified atom stereocenters. The van der Waals surface area contributed by atoms with Crippen molar-refractivity contribution in [3.8, 4) is 17.6 Å². The van der Waals surface area contributed by atoms with Gasteiger partial charge in [0.1, 0.15) is 17.6 Å². The van der Waals surface area contributed by atoms with Crippen LogP contribution in [-0.2, 0) is 4.74 Å². The molecular formula is C25H24N4O3. The Morgan fingerprint density at radius 3 is 2.53 bits per heavy atom. The van der Waals surface area contributed by atoms with E-state index in [0.717, 1.165) is 16.5 Å². The number of ether oxygens (including phenoxy) is 3. The third-order valence-corrected chi connectivity index (χ3v) is 6.36. The fourth-order valence-corrected chi connectivity index (χ4v) is 4.84. The highest BCUT2D eigenvalue weighted by molar-refractivity contribution is 5.83. The number of nitrogens with two attached hydrogens (primary N) is 1. The van der Waals surface area contributed by atoms with Crippen molar-refractivity contribution >= 4 is 10.8 Å². The van der Waals surface area contributed by atoms with Crippen molar-refractivity contribution in [2.75, 3.05) is 14.2 Å². The topological polar surface area (TPSA) is 102 Å². The van der Waals surface area contributed by atoms with Gasteiger partial charge >= 0.3 is 0 Å². The number of nitrogens with zero attached hydrogens (tertiary/aromatic N) is 1. The van der Waals surface area contributed by atoms with Gasteiger partial charge in [-0.05, 0) is 40.6 Å². The second-order valence-electron chi connectivity index (χ2n) is 7.96. The van der Waals surface area contributed by atoms with Crippen molar-refractivity contribution in [3.05, 3.63) is 83.2 Å². The van der Waals surface area contributed by atoms with Gasteiger partial charge in [-0.25, -0.2) is 10.9 Å². The maximum absolute atomic E-state index is 10.0. The number of nitriles is 1. The molecule has 162 valence electrons. The van der Waals surface area contributed by atoms with Crippen LogP contribution in [0.2, 0.25) is 0 Å². The van der Waals surface area contributed by atoms with E-state index in [2.05, 4.69) is 47.3 Å². The predicted octanol–water partition coefficient (Wildman–Crippen LogP) is 3.46. The monoisotopic (exact) mass is 428 g/mol. The predicted molar refractivity (Wildman–Crippen MR) is 120 cm³/mol.